The number of carboxylic acid groups (broad SMARTS) is 1. The molecule has 0 amide bonds. The maximum atomic E-state index is 11.9. The number of aliphatic carboxylic acids is 1. The summed E-state index contributed by atoms with van der Waals surface area (Å²) in [4.78, 5) is 14.1. The Morgan fingerprint density at radius 3 is 2.27 bits per heavy atom. The molecule has 2 atom stereocenters. The number of ether oxygens (including phenoxy) is 1. The van der Waals surface area contributed by atoms with Gasteiger partial charge in [-0.1, -0.05) is 76.6 Å². The van der Waals surface area contributed by atoms with Crippen LogP contribution in [-0.4, -0.2) is 23.1 Å². The van der Waals surface area contributed by atoms with Gasteiger partial charge in [0.15, 0.2) is 0 Å². The molecule has 2 unspecified atom stereocenters. The van der Waals surface area contributed by atoms with E-state index < -0.39 is 5.97 Å². The molecule has 3 aromatic rings. The lowest BCUT2D eigenvalue weighted by Gasteiger charge is -2.37. The van der Waals surface area contributed by atoms with Crippen LogP contribution in [-0.2, 0) is 11.3 Å². The van der Waals surface area contributed by atoms with E-state index in [2.05, 4.69) is 52.0 Å². The summed E-state index contributed by atoms with van der Waals surface area (Å²) >= 11 is 3.54. The van der Waals surface area contributed by atoms with Crippen molar-refractivity contribution in [1.29, 1.82) is 0 Å². The molecule has 0 aliphatic carbocycles. The first-order valence-electron chi connectivity index (χ1n) is 9.89. The molecule has 0 fully saturated rings. The number of methoxy groups -OCH3 is 1. The topological polar surface area (TPSA) is 49.8 Å². The highest BCUT2D eigenvalue weighted by molar-refractivity contribution is 9.10. The summed E-state index contributed by atoms with van der Waals surface area (Å²) in [6.45, 7) is 2.74. The first kappa shape index (κ1) is 22.1. The van der Waals surface area contributed by atoms with Crippen LogP contribution in [0.4, 0.5) is 0 Å². The Kier molecular flexibility index (Phi) is 7.66. The van der Waals surface area contributed by atoms with Gasteiger partial charge in [-0.15, -0.1) is 0 Å². The Morgan fingerprint density at radius 2 is 1.67 bits per heavy atom. The predicted molar refractivity (Wildman–Crippen MR) is 123 cm³/mol. The van der Waals surface area contributed by atoms with Gasteiger partial charge in [-0.2, -0.15) is 0 Å². The second-order valence-corrected chi connectivity index (χ2v) is 8.16. The molecular formula is C25H26BrNO3. The summed E-state index contributed by atoms with van der Waals surface area (Å²) in [6.07, 6.45) is -0.0309. The molecule has 0 saturated heterocycles. The van der Waals surface area contributed by atoms with Gasteiger partial charge in [0.05, 0.1) is 13.5 Å². The monoisotopic (exact) mass is 467 g/mol. The van der Waals surface area contributed by atoms with E-state index in [1.165, 1.54) is 0 Å². The van der Waals surface area contributed by atoms with Crippen molar-refractivity contribution in [2.75, 3.05) is 7.11 Å². The Hall–Kier alpha value is -2.63. The number of rotatable bonds is 9. The minimum absolute atomic E-state index is 0.000515. The van der Waals surface area contributed by atoms with Crippen LogP contribution in [0.1, 0.15) is 42.1 Å². The zero-order valence-corrected chi connectivity index (χ0v) is 18.7. The van der Waals surface area contributed by atoms with Crippen molar-refractivity contribution in [2.24, 2.45) is 0 Å². The van der Waals surface area contributed by atoms with Crippen molar-refractivity contribution in [1.82, 2.24) is 4.90 Å². The average molecular weight is 468 g/mol. The van der Waals surface area contributed by atoms with Gasteiger partial charge in [-0.3, -0.25) is 9.69 Å². The van der Waals surface area contributed by atoms with Crippen molar-refractivity contribution >= 4 is 21.9 Å². The fraction of sp³-hybridized carbons (Fsp3) is 0.240. The van der Waals surface area contributed by atoms with Gasteiger partial charge in [0.25, 0.3) is 0 Å². The summed E-state index contributed by atoms with van der Waals surface area (Å²) in [5.41, 5.74) is 3.12. The van der Waals surface area contributed by atoms with Crippen molar-refractivity contribution in [2.45, 2.75) is 32.0 Å². The van der Waals surface area contributed by atoms with Crippen LogP contribution in [0.5, 0.6) is 5.75 Å². The summed E-state index contributed by atoms with van der Waals surface area (Å²) in [7, 11) is 1.62. The molecule has 30 heavy (non-hydrogen) atoms. The highest BCUT2D eigenvalue weighted by Gasteiger charge is 2.30. The van der Waals surface area contributed by atoms with Crippen molar-refractivity contribution in [3.63, 3.8) is 0 Å². The van der Waals surface area contributed by atoms with Gasteiger partial charge in [-0.05, 0) is 36.2 Å². The third-order valence-electron chi connectivity index (χ3n) is 5.31. The van der Waals surface area contributed by atoms with E-state index in [0.29, 0.717) is 12.3 Å². The zero-order valence-electron chi connectivity index (χ0n) is 17.2. The number of hydrogen-bond donors (Lipinski definition) is 1. The minimum atomic E-state index is -0.847. The number of carboxylic acids is 1. The van der Waals surface area contributed by atoms with Crippen LogP contribution in [0.3, 0.4) is 0 Å². The molecule has 4 nitrogen and oxygen atoms in total. The van der Waals surface area contributed by atoms with E-state index >= 15 is 0 Å². The van der Waals surface area contributed by atoms with E-state index in [0.717, 1.165) is 21.2 Å². The van der Waals surface area contributed by atoms with Gasteiger partial charge >= 0.3 is 5.97 Å². The van der Waals surface area contributed by atoms with Gasteiger partial charge in [0.2, 0.25) is 0 Å². The lowest BCUT2D eigenvalue weighted by atomic mass is 9.96. The minimum Gasteiger partial charge on any atom is -0.496 e. The molecule has 0 aliphatic rings. The lowest BCUT2D eigenvalue weighted by molar-refractivity contribution is -0.138. The smallest absolute Gasteiger partial charge is 0.305 e. The molecule has 0 radical (unpaired) electrons. The van der Waals surface area contributed by atoms with Crippen molar-refractivity contribution in [3.05, 3.63) is 100 Å². The standard InChI is InChI=1S/C25H26BrNO3/c1-18(20-11-7-4-8-12-20)27(17-19-9-5-3-6-10-19)23(16-25(28)29)22-15-21(26)13-14-24(22)30-2/h3-15,18,23H,16-17H2,1-2H3,(H,28,29). The highest BCUT2D eigenvalue weighted by atomic mass is 79.9. The molecule has 0 spiro atoms. The number of benzene rings is 3. The van der Waals surface area contributed by atoms with Gasteiger partial charge in [-0.25, -0.2) is 0 Å². The van der Waals surface area contributed by atoms with Gasteiger partial charge in [0.1, 0.15) is 5.75 Å². The Morgan fingerprint density at radius 1 is 1.03 bits per heavy atom. The molecule has 3 aromatic carbocycles. The normalized spacial score (nSPS) is 13.1. The summed E-state index contributed by atoms with van der Waals surface area (Å²) in [6, 6.07) is 25.7. The van der Waals surface area contributed by atoms with Crippen LogP contribution in [0.25, 0.3) is 0 Å². The Labute approximate surface area is 186 Å². The van der Waals surface area contributed by atoms with E-state index in [-0.39, 0.29) is 18.5 Å². The van der Waals surface area contributed by atoms with E-state index in [1.807, 2.05) is 54.6 Å². The molecule has 156 valence electrons. The zero-order chi connectivity index (χ0) is 21.5. The maximum Gasteiger partial charge on any atom is 0.305 e. The second kappa shape index (κ2) is 10.4. The SMILES string of the molecule is COc1ccc(Br)cc1C(CC(=O)O)N(Cc1ccccc1)C(C)c1ccccc1. The third-order valence-corrected chi connectivity index (χ3v) is 5.80. The van der Waals surface area contributed by atoms with Gasteiger partial charge < -0.3 is 9.84 Å². The van der Waals surface area contributed by atoms with Crippen molar-refractivity contribution in [3.8, 4) is 5.75 Å². The Bertz CT molecular complexity index is 963. The maximum absolute atomic E-state index is 11.9. The molecule has 3 rings (SSSR count). The highest BCUT2D eigenvalue weighted by Crippen LogP contribution is 2.39. The average Bonchev–Trinajstić information content (AvgIpc) is 2.77. The molecule has 0 heterocycles. The van der Waals surface area contributed by atoms with Gasteiger partial charge in [0, 0.05) is 28.7 Å². The molecule has 5 heteroatoms. The largest absolute Gasteiger partial charge is 0.496 e. The van der Waals surface area contributed by atoms with Crippen LogP contribution in [0.15, 0.2) is 83.3 Å². The quantitative estimate of drug-likeness (QED) is 0.404. The fourth-order valence-electron chi connectivity index (χ4n) is 3.77. The second-order valence-electron chi connectivity index (χ2n) is 7.24. The summed E-state index contributed by atoms with van der Waals surface area (Å²) in [5.74, 6) is -0.164. The number of halogens is 1. The molecule has 1 N–H and O–H groups in total. The molecule has 0 bridgehead atoms. The molecule has 0 aromatic heterocycles. The summed E-state index contributed by atoms with van der Waals surface area (Å²) < 4.78 is 6.50. The van der Waals surface area contributed by atoms with Crippen molar-refractivity contribution < 1.29 is 14.6 Å². The lowest BCUT2D eigenvalue weighted by Crippen LogP contribution is -2.33. The van der Waals surface area contributed by atoms with E-state index in [9.17, 15) is 9.90 Å². The van der Waals surface area contributed by atoms with E-state index in [4.69, 9.17) is 4.74 Å². The summed E-state index contributed by atoms with van der Waals surface area (Å²) in [5, 5.41) is 9.77. The van der Waals surface area contributed by atoms with Crippen LogP contribution >= 0.6 is 15.9 Å². The molecule has 0 aliphatic heterocycles. The van der Waals surface area contributed by atoms with Crippen LogP contribution in [0, 0.1) is 0 Å². The first-order chi connectivity index (χ1) is 14.5. The van der Waals surface area contributed by atoms with E-state index in [1.54, 1.807) is 7.11 Å². The van der Waals surface area contributed by atoms with Crippen LogP contribution < -0.4 is 4.74 Å². The first-order valence-corrected chi connectivity index (χ1v) is 10.7. The van der Waals surface area contributed by atoms with Crippen LogP contribution in [0.2, 0.25) is 0 Å². The number of carbonyl (C=O) groups is 1. The number of hydrogen-bond acceptors (Lipinski definition) is 3. The molecular weight excluding hydrogens is 442 g/mol. The third kappa shape index (κ3) is 5.49. The predicted octanol–water partition coefficient (Wildman–Crippen LogP) is 6.24. The fourth-order valence-corrected chi connectivity index (χ4v) is 4.15. The Balaban J connectivity index is 2.11. The molecule has 0 saturated carbocycles. The number of nitrogens with zero attached hydrogens (tertiary/aromatic N) is 1.